The summed E-state index contributed by atoms with van der Waals surface area (Å²) in [6.45, 7) is 12.7. The van der Waals surface area contributed by atoms with E-state index in [0.29, 0.717) is 11.8 Å². The number of halogens is 1. The normalized spacial score (nSPS) is 19.5. The zero-order valence-corrected chi connectivity index (χ0v) is 26.4. The molecule has 0 spiro atoms. The molecule has 0 bridgehead atoms. The van der Waals surface area contributed by atoms with Crippen LogP contribution in [0.3, 0.4) is 0 Å². The molecule has 2 aliphatic rings. The molecule has 1 N–H and O–H groups in total. The van der Waals surface area contributed by atoms with Crippen molar-refractivity contribution in [1.29, 1.82) is 0 Å². The highest BCUT2D eigenvalue weighted by atomic mass is 127. The lowest BCUT2D eigenvalue weighted by Gasteiger charge is -2.31. The van der Waals surface area contributed by atoms with Crippen molar-refractivity contribution >= 4 is 57.2 Å². The molecule has 2 fully saturated rings. The molecule has 0 aliphatic carbocycles. The van der Waals surface area contributed by atoms with Gasteiger partial charge in [0.15, 0.2) is 5.82 Å². The Kier molecular flexibility index (Phi) is 23.6. The molecule has 4 rings (SSSR count). The van der Waals surface area contributed by atoms with E-state index >= 15 is 0 Å². The summed E-state index contributed by atoms with van der Waals surface area (Å²) in [5, 5.41) is 15.5. The zero-order valence-electron chi connectivity index (χ0n) is 21.4. The number of nitrogens with zero attached hydrogens (tertiary/aromatic N) is 7. The molecule has 2 aromatic heterocycles. The molecule has 2 aromatic rings. The second-order valence-corrected chi connectivity index (χ2v) is 8.13. The number of aromatic nitrogens is 6. The average molecular weight is 638 g/mol. The summed E-state index contributed by atoms with van der Waals surface area (Å²) >= 11 is 2.15. The van der Waals surface area contributed by atoms with Crippen molar-refractivity contribution in [2.75, 3.05) is 31.1 Å². The number of H-pyrrole nitrogens is 1. The summed E-state index contributed by atoms with van der Waals surface area (Å²) in [6.07, 6.45) is 4.93. The average Bonchev–Trinajstić information content (AvgIpc) is 3.41. The monoisotopic (exact) mass is 638 g/mol. The molecule has 4 unspecified atom stereocenters. The first kappa shape index (κ1) is 39.4. The summed E-state index contributed by atoms with van der Waals surface area (Å²) in [5.41, 5.74) is 0. The minimum Gasteiger partial charge on any atom is -0.346 e. The van der Waals surface area contributed by atoms with E-state index in [1.54, 1.807) is 0 Å². The molecule has 35 heavy (non-hydrogen) atoms. The van der Waals surface area contributed by atoms with Gasteiger partial charge in [0.05, 0.1) is 0 Å². The quantitative estimate of drug-likeness (QED) is 0.232. The molecule has 13 heteroatoms. The molecule has 0 amide bonds. The van der Waals surface area contributed by atoms with Gasteiger partial charge in [-0.15, -0.1) is 10.2 Å². The third kappa shape index (κ3) is 11.9. The second kappa shape index (κ2) is 20.9. The first-order valence-corrected chi connectivity index (χ1v) is 13.4. The van der Waals surface area contributed by atoms with Crippen molar-refractivity contribution < 1.29 is 0 Å². The Bertz CT molecular complexity index is 780. The van der Waals surface area contributed by atoms with Crippen molar-refractivity contribution in [2.45, 2.75) is 79.9 Å². The van der Waals surface area contributed by atoms with Crippen molar-refractivity contribution in [2.24, 2.45) is 7.05 Å². The summed E-state index contributed by atoms with van der Waals surface area (Å²) in [5.74, 6) is 5.08. The minimum absolute atomic E-state index is 0. The van der Waals surface area contributed by atoms with Gasteiger partial charge in [0.1, 0.15) is 17.5 Å². The van der Waals surface area contributed by atoms with Crippen LogP contribution in [0.4, 0.5) is 0 Å². The smallest absolute Gasteiger partial charge is 0.205 e. The van der Waals surface area contributed by atoms with E-state index in [1.165, 1.54) is 38.8 Å². The molecule has 8 nitrogen and oxygen atoms in total. The number of hydrogen-bond donors (Lipinski definition) is 1. The highest BCUT2D eigenvalue weighted by molar-refractivity contribution is 14.1. The Labute approximate surface area is 237 Å². The van der Waals surface area contributed by atoms with Crippen LogP contribution in [-0.4, -0.2) is 85.5 Å². The maximum atomic E-state index is 4.40. The van der Waals surface area contributed by atoms with Gasteiger partial charge in [-0.25, -0.2) is 4.98 Å². The first-order chi connectivity index (χ1) is 15.0. The van der Waals surface area contributed by atoms with Gasteiger partial charge < -0.3 is 14.2 Å². The maximum Gasteiger partial charge on any atom is 0.205 e. The largest absolute Gasteiger partial charge is 0.346 e. The number of aryl methyl sites for hydroxylation is 2. The number of aromatic amines is 1. The number of piperidine rings is 2. The van der Waals surface area contributed by atoms with Gasteiger partial charge in [0.2, 0.25) is 14.8 Å². The molecule has 4 atom stereocenters. The minimum atomic E-state index is 0. The van der Waals surface area contributed by atoms with Crippen molar-refractivity contribution in [3.8, 4) is 0 Å². The second-order valence-electron chi connectivity index (χ2n) is 8.13. The van der Waals surface area contributed by atoms with Gasteiger partial charge in [-0.1, -0.05) is 51.1 Å². The maximum absolute atomic E-state index is 4.40. The fourth-order valence-corrected chi connectivity index (χ4v) is 4.22. The predicted octanol–water partition coefficient (Wildman–Crippen LogP) is 4.37. The third-order valence-electron chi connectivity index (χ3n) is 6.11. The fraction of sp³-hybridized carbons (Fsp3) is 0.818. The molecule has 4 heterocycles. The van der Waals surface area contributed by atoms with E-state index in [4.69, 9.17) is 0 Å². The van der Waals surface area contributed by atoms with Crippen LogP contribution in [0, 0.1) is 13.8 Å². The van der Waals surface area contributed by atoms with E-state index in [1.807, 2.05) is 18.8 Å². The Morgan fingerprint density at radius 1 is 0.886 bits per heavy atom. The highest BCUT2D eigenvalue weighted by Gasteiger charge is 2.24. The van der Waals surface area contributed by atoms with Crippen LogP contribution in [0.15, 0.2) is 0 Å². The number of rotatable bonds is 4. The Morgan fingerprint density at radius 3 is 1.83 bits per heavy atom. The van der Waals surface area contributed by atoms with Crippen molar-refractivity contribution in [3.63, 3.8) is 0 Å². The van der Waals surface area contributed by atoms with Crippen molar-refractivity contribution in [1.82, 2.24) is 39.6 Å². The highest BCUT2D eigenvalue weighted by Crippen LogP contribution is 2.25. The molecular weight excluding hydrogens is 587 g/mol. The summed E-state index contributed by atoms with van der Waals surface area (Å²) in [6, 6.07) is 0. The Hall–Kier alpha value is -0.0801. The standard InChI is InChI=1S/C10H18BN4.C9H16BN4.CH3I.2CH4.2H3P/c1-8-12-13-10(14(8)3)9-5-4-6-15(7-9)11-2;1-7-11-9(13-12-7)8-4-3-5-14(6-8)10-2;1-2;;;;/h9H,4-7H2,1-3H3;8H,3-6H2,1-2H3,(H,11,12,13);1H3;2*1H4;2*1H3. The molecule has 0 saturated carbocycles. The van der Waals surface area contributed by atoms with E-state index in [0.717, 1.165) is 36.4 Å². The molecular formula is C22H51B2IN8P2. The molecule has 2 aliphatic heterocycles. The third-order valence-corrected chi connectivity index (χ3v) is 6.11. The summed E-state index contributed by atoms with van der Waals surface area (Å²) in [4.78, 5) is 11.1. The SMILES string of the molecule is C.C.CI.C[B]N1CCCC(c2n[nH]c(C)n2)C1.C[B]N1CCCC(c2nnc(C)n2C)C1.P.P. The van der Waals surface area contributed by atoms with E-state index in [9.17, 15) is 0 Å². The summed E-state index contributed by atoms with van der Waals surface area (Å²) in [7, 11) is 6.39. The van der Waals surface area contributed by atoms with E-state index in [-0.39, 0.29) is 34.7 Å². The van der Waals surface area contributed by atoms with Gasteiger partial charge in [-0.05, 0) is 70.6 Å². The van der Waals surface area contributed by atoms with Crippen LogP contribution < -0.4 is 0 Å². The number of hydrogen-bond acceptors (Lipinski definition) is 6. The lowest BCUT2D eigenvalue weighted by atomic mass is 9.87. The van der Waals surface area contributed by atoms with Crippen LogP contribution in [0.25, 0.3) is 0 Å². The lowest BCUT2D eigenvalue weighted by molar-refractivity contribution is 0.314. The topological polar surface area (TPSA) is 78.8 Å². The van der Waals surface area contributed by atoms with Gasteiger partial charge >= 0.3 is 0 Å². The van der Waals surface area contributed by atoms with Crippen LogP contribution in [-0.2, 0) is 7.05 Å². The van der Waals surface area contributed by atoms with Gasteiger partial charge in [-0.2, -0.15) is 24.9 Å². The Morgan fingerprint density at radius 2 is 1.40 bits per heavy atom. The van der Waals surface area contributed by atoms with Gasteiger partial charge in [-0.3, -0.25) is 5.10 Å². The van der Waals surface area contributed by atoms with Crippen LogP contribution in [0.5, 0.6) is 0 Å². The Balaban J connectivity index is -0.000000494. The molecule has 0 aromatic carbocycles. The lowest BCUT2D eigenvalue weighted by Crippen LogP contribution is -2.36. The van der Waals surface area contributed by atoms with Crippen LogP contribution in [0.1, 0.15) is 75.7 Å². The first-order valence-electron chi connectivity index (χ1n) is 11.2. The van der Waals surface area contributed by atoms with Gasteiger partial charge in [0, 0.05) is 18.9 Å². The van der Waals surface area contributed by atoms with E-state index in [2.05, 4.69) is 97.7 Å². The number of alkyl halides is 1. The molecule has 202 valence electrons. The van der Waals surface area contributed by atoms with Crippen LogP contribution in [0.2, 0.25) is 13.6 Å². The zero-order chi connectivity index (χ0) is 22.8. The fourth-order valence-electron chi connectivity index (χ4n) is 4.22. The summed E-state index contributed by atoms with van der Waals surface area (Å²) < 4.78 is 2.11. The number of nitrogens with one attached hydrogen (secondary N) is 1. The van der Waals surface area contributed by atoms with Crippen LogP contribution >= 0.6 is 42.4 Å². The predicted molar refractivity (Wildman–Crippen MR) is 173 cm³/mol. The molecule has 2 radical (unpaired) electrons. The van der Waals surface area contributed by atoms with Crippen molar-refractivity contribution in [3.05, 3.63) is 23.3 Å². The molecule has 2 saturated heterocycles. The van der Waals surface area contributed by atoms with Gasteiger partial charge in [0.25, 0.3) is 0 Å². The van der Waals surface area contributed by atoms with E-state index < -0.39 is 0 Å².